The zero-order valence-electron chi connectivity index (χ0n) is 15.8. The van der Waals surface area contributed by atoms with Crippen molar-refractivity contribution in [2.75, 3.05) is 19.0 Å². The summed E-state index contributed by atoms with van der Waals surface area (Å²) in [6.45, 7) is 2.18. The predicted octanol–water partition coefficient (Wildman–Crippen LogP) is 3.43. The van der Waals surface area contributed by atoms with Crippen LogP contribution in [0.1, 0.15) is 11.1 Å². The van der Waals surface area contributed by atoms with E-state index in [1.807, 2.05) is 54.7 Å². The van der Waals surface area contributed by atoms with E-state index in [1.54, 1.807) is 24.1 Å². The number of hydrogen-bond donors (Lipinski definition) is 2. The van der Waals surface area contributed by atoms with Crippen LogP contribution in [-0.2, 0) is 24.4 Å². The minimum Gasteiger partial charge on any atom is -0.492 e. The fraction of sp³-hybridized carbons (Fsp3) is 0.238. The van der Waals surface area contributed by atoms with Crippen molar-refractivity contribution in [3.63, 3.8) is 0 Å². The molecule has 3 aromatic rings. The lowest BCUT2D eigenvalue weighted by Crippen LogP contribution is -2.28. The fourth-order valence-electron chi connectivity index (χ4n) is 2.63. The Morgan fingerprint density at radius 3 is 2.68 bits per heavy atom. The number of amides is 2. The molecule has 3 rings (SSSR count). The highest BCUT2D eigenvalue weighted by atomic mass is 16.5. The van der Waals surface area contributed by atoms with Crippen LogP contribution in [0, 0.1) is 0 Å². The van der Waals surface area contributed by atoms with Crippen molar-refractivity contribution in [3.8, 4) is 5.75 Å². The number of ether oxygens (including phenoxy) is 2. The van der Waals surface area contributed by atoms with Gasteiger partial charge in [-0.1, -0.05) is 30.3 Å². The van der Waals surface area contributed by atoms with Gasteiger partial charge in [-0.2, -0.15) is 5.10 Å². The third kappa shape index (κ3) is 6.14. The number of aromatic nitrogens is 2. The molecule has 0 aliphatic rings. The lowest BCUT2D eigenvalue weighted by molar-refractivity contribution is 0.185. The molecular formula is C21H24N4O3. The minimum absolute atomic E-state index is 0.269. The molecule has 0 unspecified atom stereocenters. The summed E-state index contributed by atoms with van der Waals surface area (Å²) in [6, 6.07) is 16.8. The molecule has 2 N–H and O–H groups in total. The summed E-state index contributed by atoms with van der Waals surface area (Å²) in [5.41, 5.74) is 2.79. The van der Waals surface area contributed by atoms with Gasteiger partial charge in [-0.15, -0.1) is 0 Å². The van der Waals surface area contributed by atoms with E-state index in [9.17, 15) is 4.79 Å². The molecule has 0 radical (unpaired) electrons. The first-order valence-corrected chi connectivity index (χ1v) is 9.05. The number of urea groups is 1. The molecule has 1 heterocycles. The number of nitrogens with zero attached hydrogens (tertiary/aromatic N) is 2. The first kappa shape index (κ1) is 19.4. The number of rotatable bonds is 9. The van der Waals surface area contributed by atoms with Crippen molar-refractivity contribution in [2.45, 2.75) is 19.7 Å². The van der Waals surface area contributed by atoms with Crippen molar-refractivity contribution >= 4 is 11.7 Å². The second-order valence-corrected chi connectivity index (χ2v) is 6.20. The Kier molecular flexibility index (Phi) is 7.03. The van der Waals surface area contributed by atoms with Gasteiger partial charge in [0, 0.05) is 37.8 Å². The molecule has 7 heteroatoms. The van der Waals surface area contributed by atoms with E-state index in [-0.39, 0.29) is 6.03 Å². The van der Waals surface area contributed by atoms with Gasteiger partial charge >= 0.3 is 6.03 Å². The molecule has 0 saturated carbocycles. The normalized spacial score (nSPS) is 10.5. The van der Waals surface area contributed by atoms with E-state index < -0.39 is 0 Å². The van der Waals surface area contributed by atoms with Crippen molar-refractivity contribution < 1.29 is 14.3 Å². The van der Waals surface area contributed by atoms with Crippen LogP contribution in [0.4, 0.5) is 10.5 Å². The molecule has 2 aromatic carbocycles. The van der Waals surface area contributed by atoms with E-state index in [0.29, 0.717) is 37.7 Å². The molecule has 0 aliphatic carbocycles. The predicted molar refractivity (Wildman–Crippen MR) is 107 cm³/mol. The molecule has 146 valence electrons. The highest BCUT2D eigenvalue weighted by molar-refractivity contribution is 5.89. The maximum atomic E-state index is 12.1. The number of hydrogen-bond acceptors (Lipinski definition) is 4. The maximum Gasteiger partial charge on any atom is 0.319 e. The molecule has 0 atom stereocenters. The summed E-state index contributed by atoms with van der Waals surface area (Å²) in [5.74, 6) is 0.693. The van der Waals surface area contributed by atoms with Gasteiger partial charge in [0.25, 0.3) is 0 Å². The average molecular weight is 380 g/mol. The quantitative estimate of drug-likeness (QED) is 0.596. The zero-order valence-corrected chi connectivity index (χ0v) is 15.8. The molecule has 0 saturated heterocycles. The Hall–Kier alpha value is -3.32. The van der Waals surface area contributed by atoms with E-state index in [1.165, 1.54) is 0 Å². The van der Waals surface area contributed by atoms with Gasteiger partial charge in [-0.05, 0) is 29.3 Å². The molecule has 2 amide bonds. The number of anilines is 1. The van der Waals surface area contributed by atoms with Crippen LogP contribution in [0.5, 0.6) is 5.75 Å². The summed E-state index contributed by atoms with van der Waals surface area (Å²) in [5, 5.41) is 9.80. The highest BCUT2D eigenvalue weighted by Crippen LogP contribution is 2.17. The van der Waals surface area contributed by atoms with Crippen LogP contribution in [0.25, 0.3) is 0 Å². The van der Waals surface area contributed by atoms with Crippen LogP contribution in [-0.4, -0.2) is 29.5 Å². The fourth-order valence-corrected chi connectivity index (χ4v) is 2.63. The number of carbonyl (C=O) groups excluding carboxylic acids is 1. The van der Waals surface area contributed by atoms with E-state index in [0.717, 1.165) is 11.1 Å². The summed E-state index contributed by atoms with van der Waals surface area (Å²) in [6.07, 6.45) is 3.62. The number of nitrogens with one attached hydrogen (secondary N) is 2. The SMILES string of the molecule is COCc1ccc(CNC(=O)Nc2cccc(OCCn3cccn3)c2)cc1. The molecule has 0 fully saturated rings. The largest absolute Gasteiger partial charge is 0.492 e. The van der Waals surface area contributed by atoms with E-state index in [4.69, 9.17) is 9.47 Å². The summed E-state index contributed by atoms with van der Waals surface area (Å²) < 4.78 is 12.6. The summed E-state index contributed by atoms with van der Waals surface area (Å²) >= 11 is 0. The van der Waals surface area contributed by atoms with Crippen molar-refractivity contribution in [1.29, 1.82) is 0 Å². The number of methoxy groups -OCH3 is 1. The van der Waals surface area contributed by atoms with Crippen molar-refractivity contribution in [3.05, 3.63) is 78.1 Å². The first-order valence-electron chi connectivity index (χ1n) is 9.05. The van der Waals surface area contributed by atoms with Gasteiger partial charge in [0.2, 0.25) is 0 Å². The van der Waals surface area contributed by atoms with Crippen molar-refractivity contribution in [1.82, 2.24) is 15.1 Å². The van der Waals surface area contributed by atoms with E-state index >= 15 is 0 Å². The Morgan fingerprint density at radius 2 is 1.93 bits per heavy atom. The maximum absolute atomic E-state index is 12.1. The van der Waals surface area contributed by atoms with Gasteiger partial charge in [0.1, 0.15) is 12.4 Å². The lowest BCUT2D eigenvalue weighted by Gasteiger charge is -2.10. The van der Waals surface area contributed by atoms with Gasteiger partial charge in [0.15, 0.2) is 0 Å². The van der Waals surface area contributed by atoms with Gasteiger partial charge in [-0.25, -0.2) is 4.79 Å². The van der Waals surface area contributed by atoms with Gasteiger partial charge < -0.3 is 20.1 Å². The third-order valence-electron chi connectivity index (χ3n) is 4.03. The van der Waals surface area contributed by atoms with Crippen LogP contribution >= 0.6 is 0 Å². The smallest absolute Gasteiger partial charge is 0.319 e. The molecule has 1 aromatic heterocycles. The third-order valence-corrected chi connectivity index (χ3v) is 4.03. The van der Waals surface area contributed by atoms with Crippen LogP contribution in [0.2, 0.25) is 0 Å². The molecule has 28 heavy (non-hydrogen) atoms. The molecule has 7 nitrogen and oxygen atoms in total. The van der Waals surface area contributed by atoms with Crippen LogP contribution in [0.15, 0.2) is 67.0 Å². The molecule has 0 spiro atoms. The Bertz CT molecular complexity index is 864. The van der Waals surface area contributed by atoms with Gasteiger partial charge in [-0.3, -0.25) is 4.68 Å². The Labute approximate surface area is 164 Å². The topological polar surface area (TPSA) is 77.4 Å². The van der Waals surface area contributed by atoms with E-state index in [2.05, 4.69) is 15.7 Å². The molecule has 0 bridgehead atoms. The Balaban J connectivity index is 1.44. The zero-order chi connectivity index (χ0) is 19.6. The summed E-state index contributed by atoms with van der Waals surface area (Å²) in [4.78, 5) is 12.1. The monoisotopic (exact) mass is 380 g/mol. The number of benzene rings is 2. The van der Waals surface area contributed by atoms with Crippen LogP contribution < -0.4 is 15.4 Å². The van der Waals surface area contributed by atoms with Crippen molar-refractivity contribution in [2.24, 2.45) is 0 Å². The Morgan fingerprint density at radius 1 is 1.11 bits per heavy atom. The number of carbonyl (C=O) groups is 1. The van der Waals surface area contributed by atoms with Crippen LogP contribution in [0.3, 0.4) is 0 Å². The lowest BCUT2D eigenvalue weighted by atomic mass is 10.1. The molecule has 0 aliphatic heterocycles. The van der Waals surface area contributed by atoms with Gasteiger partial charge in [0.05, 0.1) is 13.2 Å². The first-order chi connectivity index (χ1) is 13.7. The highest BCUT2D eigenvalue weighted by Gasteiger charge is 2.04. The summed E-state index contributed by atoms with van der Waals surface area (Å²) in [7, 11) is 1.67. The second-order valence-electron chi connectivity index (χ2n) is 6.20. The molecular weight excluding hydrogens is 356 g/mol. The standard InChI is InChI=1S/C21H24N4O3/c1-27-16-18-8-6-17(7-9-18)15-22-21(26)24-19-4-2-5-20(14-19)28-13-12-25-11-3-10-23-25/h2-11,14H,12-13,15-16H2,1H3,(H2,22,24,26). The minimum atomic E-state index is -0.269. The average Bonchev–Trinajstić information content (AvgIpc) is 3.22. The second kappa shape index (κ2) is 10.1.